The third-order valence-electron chi connectivity index (χ3n) is 3.63. The summed E-state index contributed by atoms with van der Waals surface area (Å²) >= 11 is 7.42. The maximum atomic E-state index is 12.4. The van der Waals surface area contributed by atoms with Gasteiger partial charge in [0, 0.05) is 22.9 Å². The molecular formula is C19H25ClN2O2S. The number of rotatable bonds is 8. The number of aromatic nitrogens is 1. The number of hydrogen-bond donors (Lipinski definition) is 0. The van der Waals surface area contributed by atoms with Gasteiger partial charge in [0.2, 0.25) is 5.91 Å². The van der Waals surface area contributed by atoms with Crippen molar-refractivity contribution < 1.29 is 9.53 Å². The van der Waals surface area contributed by atoms with Crippen molar-refractivity contribution in [1.29, 1.82) is 0 Å². The highest BCUT2D eigenvalue weighted by molar-refractivity contribution is 7.09. The molecule has 1 aromatic carbocycles. The van der Waals surface area contributed by atoms with Gasteiger partial charge in [-0.15, -0.1) is 11.3 Å². The molecule has 0 atom stereocenters. The monoisotopic (exact) mass is 380 g/mol. The van der Waals surface area contributed by atoms with Crippen molar-refractivity contribution in [1.82, 2.24) is 9.88 Å². The molecule has 0 spiro atoms. The topological polar surface area (TPSA) is 42.4 Å². The smallest absolute Gasteiger partial charge is 0.223 e. The van der Waals surface area contributed by atoms with Crippen molar-refractivity contribution in [2.75, 3.05) is 0 Å². The fourth-order valence-corrected chi connectivity index (χ4v) is 3.19. The predicted molar refractivity (Wildman–Crippen MR) is 103 cm³/mol. The summed E-state index contributed by atoms with van der Waals surface area (Å²) < 4.78 is 5.72. The van der Waals surface area contributed by atoms with Gasteiger partial charge in [0.05, 0.1) is 12.2 Å². The minimum absolute atomic E-state index is 0.154. The van der Waals surface area contributed by atoms with E-state index in [1.807, 2.05) is 36.3 Å². The van der Waals surface area contributed by atoms with Gasteiger partial charge in [-0.25, -0.2) is 4.98 Å². The van der Waals surface area contributed by atoms with Gasteiger partial charge in [-0.3, -0.25) is 4.79 Å². The zero-order valence-electron chi connectivity index (χ0n) is 15.2. The molecule has 0 N–H and O–H groups in total. The Morgan fingerprint density at radius 1 is 1.24 bits per heavy atom. The lowest BCUT2D eigenvalue weighted by Crippen LogP contribution is -2.37. The Morgan fingerprint density at radius 3 is 2.52 bits per heavy atom. The first-order chi connectivity index (χ1) is 11.8. The van der Waals surface area contributed by atoms with Gasteiger partial charge >= 0.3 is 0 Å². The van der Waals surface area contributed by atoms with Crippen molar-refractivity contribution >= 4 is 28.8 Å². The lowest BCUT2D eigenvalue weighted by atomic mass is 10.1. The first kappa shape index (κ1) is 19.7. The molecular weight excluding hydrogens is 356 g/mol. The van der Waals surface area contributed by atoms with Crippen LogP contribution in [-0.4, -0.2) is 21.8 Å². The standard InChI is InChI=1S/C19H25ClN2O2S/c1-13(2)9-19(23)22(14(3)4)10-16-12-25-18(21-16)11-24-17-7-5-15(20)6-8-17/h5-8,12-14H,9-11H2,1-4H3. The second-order valence-corrected chi connectivity index (χ2v) is 8.07. The number of thiazole rings is 1. The van der Waals surface area contributed by atoms with Crippen LogP contribution in [0.2, 0.25) is 5.02 Å². The highest BCUT2D eigenvalue weighted by atomic mass is 35.5. The summed E-state index contributed by atoms with van der Waals surface area (Å²) in [5, 5.41) is 3.58. The third kappa shape index (κ3) is 6.33. The summed E-state index contributed by atoms with van der Waals surface area (Å²) in [4.78, 5) is 18.9. The van der Waals surface area contributed by atoms with Crippen LogP contribution in [0, 0.1) is 5.92 Å². The molecule has 0 aliphatic rings. The molecule has 0 fully saturated rings. The first-order valence-electron chi connectivity index (χ1n) is 8.46. The summed E-state index contributed by atoms with van der Waals surface area (Å²) in [5.74, 6) is 1.29. The quantitative estimate of drug-likeness (QED) is 0.635. The molecule has 0 aliphatic heterocycles. The molecule has 136 valence electrons. The summed E-state index contributed by atoms with van der Waals surface area (Å²) in [7, 11) is 0. The Bertz CT molecular complexity index is 683. The van der Waals surface area contributed by atoms with Gasteiger partial charge in [0.15, 0.2) is 0 Å². The summed E-state index contributed by atoms with van der Waals surface area (Å²) in [6.07, 6.45) is 0.564. The fraction of sp³-hybridized carbons (Fsp3) is 0.474. The summed E-state index contributed by atoms with van der Waals surface area (Å²) in [6.45, 7) is 9.15. The number of nitrogens with zero attached hydrogens (tertiary/aromatic N) is 2. The zero-order valence-corrected chi connectivity index (χ0v) is 16.7. The Kier molecular flexibility index (Phi) is 7.26. The summed E-state index contributed by atoms with van der Waals surface area (Å²) in [5.41, 5.74) is 0.908. The van der Waals surface area contributed by atoms with E-state index in [-0.39, 0.29) is 11.9 Å². The van der Waals surface area contributed by atoms with E-state index in [4.69, 9.17) is 16.3 Å². The maximum absolute atomic E-state index is 12.4. The Labute approximate surface area is 158 Å². The number of amides is 1. The van der Waals surface area contributed by atoms with Crippen LogP contribution in [0.4, 0.5) is 0 Å². The molecule has 6 heteroatoms. The van der Waals surface area contributed by atoms with E-state index in [1.54, 1.807) is 23.5 Å². The molecule has 0 saturated heterocycles. The van der Waals surface area contributed by atoms with E-state index in [9.17, 15) is 4.79 Å². The molecule has 0 saturated carbocycles. The molecule has 1 amide bonds. The summed E-state index contributed by atoms with van der Waals surface area (Å²) in [6, 6.07) is 7.42. The van der Waals surface area contributed by atoms with Gasteiger partial charge in [0.25, 0.3) is 0 Å². The Morgan fingerprint density at radius 2 is 1.92 bits per heavy atom. The maximum Gasteiger partial charge on any atom is 0.223 e. The molecule has 0 unspecified atom stereocenters. The molecule has 0 radical (unpaired) electrons. The molecule has 2 rings (SSSR count). The van der Waals surface area contributed by atoms with Crippen LogP contribution in [0.25, 0.3) is 0 Å². The Hall–Kier alpha value is -1.59. The average Bonchev–Trinajstić information content (AvgIpc) is 2.98. The van der Waals surface area contributed by atoms with E-state index in [1.165, 1.54) is 0 Å². The largest absolute Gasteiger partial charge is 0.486 e. The van der Waals surface area contributed by atoms with Gasteiger partial charge in [0.1, 0.15) is 17.4 Å². The second-order valence-electron chi connectivity index (χ2n) is 6.69. The molecule has 0 bridgehead atoms. The Balaban J connectivity index is 1.94. The minimum atomic E-state index is 0.154. The van der Waals surface area contributed by atoms with Crippen molar-refractivity contribution in [2.24, 2.45) is 5.92 Å². The van der Waals surface area contributed by atoms with Crippen molar-refractivity contribution in [3.05, 3.63) is 45.4 Å². The SMILES string of the molecule is CC(C)CC(=O)N(Cc1csc(COc2ccc(Cl)cc2)n1)C(C)C. The van der Waals surface area contributed by atoms with Crippen LogP contribution in [0.3, 0.4) is 0 Å². The number of carbonyl (C=O) groups excluding carboxylic acids is 1. The van der Waals surface area contributed by atoms with Crippen LogP contribution >= 0.6 is 22.9 Å². The highest BCUT2D eigenvalue weighted by Gasteiger charge is 2.19. The number of carbonyl (C=O) groups is 1. The van der Waals surface area contributed by atoms with E-state index in [0.717, 1.165) is 16.5 Å². The van der Waals surface area contributed by atoms with E-state index < -0.39 is 0 Å². The van der Waals surface area contributed by atoms with Crippen LogP contribution in [0.1, 0.15) is 44.8 Å². The van der Waals surface area contributed by atoms with Crippen LogP contribution < -0.4 is 4.74 Å². The van der Waals surface area contributed by atoms with Gasteiger partial charge in [-0.1, -0.05) is 25.4 Å². The van der Waals surface area contributed by atoms with Crippen molar-refractivity contribution in [3.63, 3.8) is 0 Å². The molecule has 0 aliphatic carbocycles. The number of hydrogen-bond acceptors (Lipinski definition) is 4. The van der Waals surface area contributed by atoms with E-state index >= 15 is 0 Å². The highest BCUT2D eigenvalue weighted by Crippen LogP contribution is 2.19. The molecule has 4 nitrogen and oxygen atoms in total. The van der Waals surface area contributed by atoms with Crippen molar-refractivity contribution in [3.8, 4) is 5.75 Å². The number of benzene rings is 1. The zero-order chi connectivity index (χ0) is 18.4. The lowest BCUT2D eigenvalue weighted by molar-refractivity contribution is -0.134. The van der Waals surface area contributed by atoms with Gasteiger partial charge in [-0.2, -0.15) is 0 Å². The number of halogens is 1. The fourth-order valence-electron chi connectivity index (χ4n) is 2.36. The molecule has 1 heterocycles. The molecule has 25 heavy (non-hydrogen) atoms. The average molecular weight is 381 g/mol. The normalized spacial score (nSPS) is 11.2. The van der Waals surface area contributed by atoms with Crippen LogP contribution in [0.5, 0.6) is 5.75 Å². The number of ether oxygens (including phenoxy) is 1. The second kappa shape index (κ2) is 9.20. The lowest BCUT2D eigenvalue weighted by Gasteiger charge is -2.26. The predicted octanol–water partition coefficient (Wildman–Crippen LogP) is 5.16. The van der Waals surface area contributed by atoms with Crippen LogP contribution in [0.15, 0.2) is 29.6 Å². The van der Waals surface area contributed by atoms with E-state index in [0.29, 0.717) is 30.5 Å². The third-order valence-corrected chi connectivity index (χ3v) is 4.76. The molecule has 2 aromatic rings. The van der Waals surface area contributed by atoms with Gasteiger partial charge in [-0.05, 0) is 44.0 Å². The van der Waals surface area contributed by atoms with Gasteiger partial charge < -0.3 is 9.64 Å². The van der Waals surface area contributed by atoms with Crippen molar-refractivity contribution in [2.45, 2.75) is 53.3 Å². The van der Waals surface area contributed by atoms with E-state index in [2.05, 4.69) is 18.8 Å². The molecule has 1 aromatic heterocycles. The minimum Gasteiger partial charge on any atom is -0.486 e. The first-order valence-corrected chi connectivity index (χ1v) is 9.72. The van der Waals surface area contributed by atoms with Crippen LogP contribution in [-0.2, 0) is 17.9 Å².